The molecule has 15 heteroatoms. The van der Waals surface area contributed by atoms with Crippen molar-refractivity contribution in [2.45, 2.75) is 99.0 Å². The third-order valence-corrected chi connectivity index (χ3v) is 6.06. The van der Waals surface area contributed by atoms with Crippen LogP contribution in [-0.4, -0.2) is 156 Å². The average Bonchev–Trinajstić information content (AvgIpc) is 2.79. The Balaban J connectivity index is 1.72. The van der Waals surface area contributed by atoms with Crippen LogP contribution in [0.15, 0.2) is 0 Å². The zero-order valence-electron chi connectivity index (χ0n) is 17.6. The maximum absolute atomic E-state index is 10.7. The van der Waals surface area contributed by atoms with Gasteiger partial charge in [0.15, 0.2) is 18.9 Å². The molecule has 3 heterocycles. The average molecular weight is 488 g/mol. The van der Waals surface area contributed by atoms with Crippen LogP contribution in [-0.2, 0) is 23.7 Å². The smallest absolute Gasteiger partial charge is 0.187 e. The zero-order chi connectivity index (χ0) is 24.6. The molecular formula is C18H32O15. The van der Waals surface area contributed by atoms with Gasteiger partial charge >= 0.3 is 0 Å². The summed E-state index contributed by atoms with van der Waals surface area (Å²) in [6, 6.07) is 0. The second kappa shape index (κ2) is 11.0. The molecule has 3 aliphatic rings. The van der Waals surface area contributed by atoms with E-state index in [1.165, 1.54) is 6.92 Å². The van der Waals surface area contributed by atoms with Crippen molar-refractivity contribution in [1.29, 1.82) is 0 Å². The summed E-state index contributed by atoms with van der Waals surface area (Å²) >= 11 is 0. The summed E-state index contributed by atoms with van der Waals surface area (Å²) < 4.78 is 26.5. The molecule has 0 bridgehead atoms. The Morgan fingerprint density at radius 1 is 0.545 bits per heavy atom. The molecule has 0 aromatic heterocycles. The molecule has 3 aliphatic heterocycles. The van der Waals surface area contributed by atoms with E-state index in [-0.39, 0.29) is 0 Å². The van der Waals surface area contributed by atoms with E-state index < -0.39 is 105 Å². The van der Waals surface area contributed by atoms with Crippen LogP contribution < -0.4 is 0 Å². The fourth-order valence-electron chi connectivity index (χ4n) is 3.98. The lowest BCUT2D eigenvalue weighted by Crippen LogP contribution is -2.66. The lowest BCUT2D eigenvalue weighted by Gasteiger charge is -2.47. The second-order valence-corrected chi connectivity index (χ2v) is 8.32. The highest BCUT2D eigenvalue weighted by atomic mass is 16.7. The predicted molar refractivity (Wildman–Crippen MR) is 99.8 cm³/mol. The molecule has 0 spiro atoms. The predicted octanol–water partition coefficient (Wildman–Crippen LogP) is -6.55. The topological polar surface area (TPSA) is 248 Å². The van der Waals surface area contributed by atoms with Crippen LogP contribution in [0.4, 0.5) is 0 Å². The third-order valence-electron chi connectivity index (χ3n) is 6.06. The van der Waals surface area contributed by atoms with Gasteiger partial charge in [-0.2, -0.15) is 0 Å². The van der Waals surface area contributed by atoms with E-state index in [9.17, 15) is 46.0 Å². The molecule has 0 aromatic rings. The van der Waals surface area contributed by atoms with E-state index in [0.29, 0.717) is 0 Å². The van der Waals surface area contributed by atoms with Crippen molar-refractivity contribution in [2.75, 3.05) is 13.2 Å². The molecule has 3 rings (SSSR count). The summed E-state index contributed by atoms with van der Waals surface area (Å²) in [7, 11) is 0. The van der Waals surface area contributed by atoms with Crippen molar-refractivity contribution in [3.05, 3.63) is 0 Å². The number of hydrogen-bond donors (Lipinski definition) is 10. The van der Waals surface area contributed by atoms with E-state index in [4.69, 9.17) is 28.8 Å². The van der Waals surface area contributed by atoms with Crippen molar-refractivity contribution in [3.8, 4) is 0 Å². The van der Waals surface area contributed by atoms with Crippen LogP contribution >= 0.6 is 0 Å². The van der Waals surface area contributed by atoms with Gasteiger partial charge in [0.05, 0.1) is 19.3 Å². The fourth-order valence-corrected chi connectivity index (χ4v) is 3.98. The van der Waals surface area contributed by atoms with E-state index >= 15 is 0 Å². The highest BCUT2D eigenvalue weighted by Crippen LogP contribution is 2.32. The Morgan fingerprint density at radius 2 is 1.06 bits per heavy atom. The van der Waals surface area contributed by atoms with Crippen molar-refractivity contribution in [3.63, 3.8) is 0 Å². The minimum atomic E-state index is -1.82. The number of hydrogen-bond acceptors (Lipinski definition) is 15. The number of ether oxygens (including phenoxy) is 5. The first-order valence-electron chi connectivity index (χ1n) is 10.4. The summed E-state index contributed by atoms with van der Waals surface area (Å²) in [4.78, 5) is 0. The summed E-state index contributed by atoms with van der Waals surface area (Å²) in [5.74, 6) is 0. The molecule has 194 valence electrons. The quantitative estimate of drug-likeness (QED) is 0.167. The zero-order valence-corrected chi connectivity index (χ0v) is 17.6. The molecule has 0 saturated carbocycles. The standard InChI is InChI=1S/C18H32O15/c1-4-7(21)14(32-17-12(26)10(24)8(22)6(3-20)31-17)13(27)18(29-4)33-15-11(25)9(23)5(2-19)30-16(15)28/h4-28H,2-3H2,1H3/t4-,5+,6+,7-,8+,9+,10-,11-,12+,13+,14+,15+,16+,17-,18-/m0/s1. The van der Waals surface area contributed by atoms with Crippen molar-refractivity contribution in [2.24, 2.45) is 0 Å². The first-order chi connectivity index (χ1) is 15.5. The molecule has 3 fully saturated rings. The summed E-state index contributed by atoms with van der Waals surface area (Å²) in [6.45, 7) is -0.0271. The monoisotopic (exact) mass is 488 g/mol. The molecule has 10 N–H and O–H groups in total. The lowest BCUT2D eigenvalue weighted by molar-refractivity contribution is -0.380. The van der Waals surface area contributed by atoms with Gasteiger partial charge in [0, 0.05) is 0 Å². The van der Waals surface area contributed by atoms with Gasteiger partial charge in [0.2, 0.25) is 0 Å². The maximum atomic E-state index is 10.7. The van der Waals surface area contributed by atoms with Gasteiger partial charge in [-0.25, -0.2) is 0 Å². The SMILES string of the molecule is C[C@@H]1O[C@@H](O[C@@H]2[C@@H](O)[C@H](O)[C@@H](CO)O[C@H]2O)[C@H](O)[C@H](O[C@@H]2O[C@H](CO)[C@@H](O)[C@H](O)[C@H]2O)[C@H]1O. The van der Waals surface area contributed by atoms with Gasteiger partial charge in [-0.15, -0.1) is 0 Å². The van der Waals surface area contributed by atoms with Crippen LogP contribution in [0.5, 0.6) is 0 Å². The van der Waals surface area contributed by atoms with Crippen LogP contribution in [0.1, 0.15) is 6.92 Å². The largest absolute Gasteiger partial charge is 0.394 e. The molecule has 0 unspecified atom stereocenters. The Hall–Kier alpha value is -0.600. The Morgan fingerprint density at radius 3 is 1.67 bits per heavy atom. The molecule has 33 heavy (non-hydrogen) atoms. The molecule has 0 amide bonds. The van der Waals surface area contributed by atoms with Gasteiger partial charge in [-0.1, -0.05) is 0 Å². The molecular weight excluding hydrogens is 456 g/mol. The van der Waals surface area contributed by atoms with E-state index in [2.05, 4.69) is 0 Å². The third kappa shape index (κ3) is 5.32. The Bertz CT molecular complexity index is 624. The molecule has 0 aromatic carbocycles. The van der Waals surface area contributed by atoms with Gasteiger partial charge < -0.3 is 74.7 Å². The summed E-state index contributed by atoms with van der Waals surface area (Å²) in [5.41, 5.74) is 0. The van der Waals surface area contributed by atoms with Gasteiger partial charge in [0.1, 0.15) is 67.1 Å². The normalized spacial score (nSPS) is 53.7. The molecule has 15 nitrogen and oxygen atoms in total. The Kier molecular flexibility index (Phi) is 8.99. The van der Waals surface area contributed by atoms with Crippen molar-refractivity contribution < 1.29 is 74.7 Å². The minimum Gasteiger partial charge on any atom is -0.394 e. The van der Waals surface area contributed by atoms with Crippen LogP contribution in [0.2, 0.25) is 0 Å². The first kappa shape index (κ1) is 27.0. The molecule has 0 radical (unpaired) electrons. The van der Waals surface area contributed by atoms with Crippen LogP contribution in [0.25, 0.3) is 0 Å². The van der Waals surface area contributed by atoms with Gasteiger partial charge in [0.25, 0.3) is 0 Å². The first-order valence-corrected chi connectivity index (χ1v) is 10.4. The van der Waals surface area contributed by atoms with Gasteiger partial charge in [-0.3, -0.25) is 0 Å². The molecule has 3 saturated heterocycles. The van der Waals surface area contributed by atoms with E-state index in [0.717, 1.165) is 0 Å². The fraction of sp³-hybridized carbons (Fsp3) is 1.00. The number of aliphatic hydroxyl groups is 10. The van der Waals surface area contributed by atoms with Crippen LogP contribution in [0, 0.1) is 0 Å². The van der Waals surface area contributed by atoms with Gasteiger partial charge in [-0.05, 0) is 6.92 Å². The van der Waals surface area contributed by atoms with Crippen molar-refractivity contribution in [1.82, 2.24) is 0 Å². The number of aliphatic hydroxyl groups excluding tert-OH is 10. The van der Waals surface area contributed by atoms with E-state index in [1.54, 1.807) is 0 Å². The lowest BCUT2D eigenvalue weighted by atomic mass is 9.96. The van der Waals surface area contributed by atoms with Crippen LogP contribution in [0.3, 0.4) is 0 Å². The second-order valence-electron chi connectivity index (χ2n) is 8.32. The maximum Gasteiger partial charge on any atom is 0.187 e. The van der Waals surface area contributed by atoms with E-state index in [1.807, 2.05) is 0 Å². The molecule has 15 atom stereocenters. The molecule has 0 aliphatic carbocycles. The summed E-state index contributed by atoms with van der Waals surface area (Å²) in [6.07, 6.45) is -23.9. The minimum absolute atomic E-state index is 0.692. The summed E-state index contributed by atoms with van der Waals surface area (Å²) in [5, 5.41) is 99.9. The Labute approximate surface area is 187 Å². The number of rotatable bonds is 6. The highest BCUT2D eigenvalue weighted by molar-refractivity contribution is 4.95. The van der Waals surface area contributed by atoms with Crippen molar-refractivity contribution >= 4 is 0 Å². The highest BCUT2D eigenvalue weighted by Gasteiger charge is 2.52.